The third kappa shape index (κ3) is 6.57. The third-order valence-electron chi connectivity index (χ3n) is 7.52. The van der Waals surface area contributed by atoms with Crippen LogP contribution in [0.15, 0.2) is 41.4 Å². The van der Waals surface area contributed by atoms with Crippen LogP contribution in [0, 0.1) is 22.9 Å². The van der Waals surface area contributed by atoms with Gasteiger partial charge in [0, 0.05) is 41.9 Å². The molecule has 9 heteroatoms. The van der Waals surface area contributed by atoms with Crippen LogP contribution in [0.1, 0.15) is 36.8 Å². The Morgan fingerprint density at radius 1 is 1.14 bits per heavy atom. The Labute approximate surface area is 220 Å². The summed E-state index contributed by atoms with van der Waals surface area (Å²) >= 11 is 1.31. The van der Waals surface area contributed by atoms with Crippen molar-refractivity contribution in [3.8, 4) is 5.75 Å². The average Bonchev–Trinajstić information content (AvgIpc) is 2.92. The normalized spacial score (nSPS) is 15.8. The third-order valence-corrected chi connectivity index (χ3v) is 8.47. The Hall–Kier alpha value is -2.33. The number of methoxy groups -OCH3 is 1. The molecule has 4 rings (SSSR count). The molecule has 0 amide bonds. The van der Waals surface area contributed by atoms with Crippen LogP contribution in [-0.2, 0) is 13.0 Å². The van der Waals surface area contributed by atoms with E-state index in [2.05, 4.69) is 9.88 Å². The molecule has 2 aromatic carbocycles. The summed E-state index contributed by atoms with van der Waals surface area (Å²) < 4.78 is 45.4. The topological polar surface area (TPSA) is 71.6 Å². The van der Waals surface area contributed by atoms with Crippen LogP contribution in [-0.4, -0.2) is 54.1 Å². The van der Waals surface area contributed by atoms with Crippen molar-refractivity contribution < 1.29 is 23.0 Å². The van der Waals surface area contributed by atoms with Gasteiger partial charge in [0.2, 0.25) is 0 Å². The lowest BCUT2D eigenvalue weighted by Gasteiger charge is -2.41. The van der Waals surface area contributed by atoms with Gasteiger partial charge in [0.25, 0.3) is 0 Å². The van der Waals surface area contributed by atoms with Crippen LogP contribution in [0.2, 0.25) is 0 Å². The molecule has 2 heterocycles. The van der Waals surface area contributed by atoms with Crippen LogP contribution in [0.3, 0.4) is 0 Å². The molecule has 3 aromatic rings. The first-order valence-electron chi connectivity index (χ1n) is 12.6. The predicted molar refractivity (Wildman–Crippen MR) is 141 cm³/mol. The van der Waals surface area contributed by atoms with Gasteiger partial charge in [-0.3, -0.25) is 4.98 Å². The van der Waals surface area contributed by atoms with Gasteiger partial charge in [-0.25, -0.2) is 13.2 Å². The first-order valence-corrected chi connectivity index (χ1v) is 13.6. The molecule has 3 N–H and O–H groups in total. The first kappa shape index (κ1) is 27.7. The van der Waals surface area contributed by atoms with Gasteiger partial charge in [0.1, 0.15) is 5.75 Å². The molecule has 1 fully saturated rings. The number of ether oxygens (including phenoxy) is 1. The van der Waals surface area contributed by atoms with Gasteiger partial charge in [0.05, 0.1) is 12.6 Å². The van der Waals surface area contributed by atoms with Crippen molar-refractivity contribution >= 4 is 22.7 Å². The Kier molecular flexibility index (Phi) is 9.34. The second-order valence-electron chi connectivity index (χ2n) is 9.75. The van der Waals surface area contributed by atoms with Crippen molar-refractivity contribution in [3.63, 3.8) is 0 Å². The second kappa shape index (κ2) is 12.5. The summed E-state index contributed by atoms with van der Waals surface area (Å²) in [6, 6.07) is 7.96. The molecular weight excluding hydrogens is 499 g/mol. The van der Waals surface area contributed by atoms with E-state index in [9.17, 15) is 18.3 Å². The molecule has 1 saturated heterocycles. The van der Waals surface area contributed by atoms with Gasteiger partial charge in [-0.1, -0.05) is 0 Å². The minimum Gasteiger partial charge on any atom is -0.497 e. The summed E-state index contributed by atoms with van der Waals surface area (Å²) in [4.78, 5) is 7.24. The Morgan fingerprint density at radius 2 is 1.86 bits per heavy atom. The van der Waals surface area contributed by atoms with E-state index in [1.807, 2.05) is 24.4 Å². The first-order chi connectivity index (χ1) is 17.9. The van der Waals surface area contributed by atoms with Crippen molar-refractivity contribution in [3.05, 3.63) is 65.1 Å². The number of benzene rings is 2. The van der Waals surface area contributed by atoms with Crippen molar-refractivity contribution in [1.82, 2.24) is 9.88 Å². The molecule has 0 aliphatic carbocycles. The lowest BCUT2D eigenvalue weighted by molar-refractivity contribution is 0.0378. The molecular formula is C28H34F3N3O2S. The number of likely N-dealkylation sites (tertiary alicyclic amines) is 1. The minimum atomic E-state index is -1.43. The van der Waals surface area contributed by atoms with E-state index in [0.29, 0.717) is 17.2 Å². The number of fused-ring (bicyclic) bond motifs is 1. The number of pyridine rings is 1. The average molecular weight is 534 g/mol. The fourth-order valence-electron chi connectivity index (χ4n) is 5.15. The summed E-state index contributed by atoms with van der Waals surface area (Å²) in [6.45, 7) is 3.05. The smallest absolute Gasteiger partial charge is 0.194 e. The molecule has 5 nitrogen and oxygen atoms in total. The maximum atomic E-state index is 13.4. The van der Waals surface area contributed by atoms with Crippen molar-refractivity contribution in [1.29, 1.82) is 0 Å². The van der Waals surface area contributed by atoms with E-state index in [-0.39, 0.29) is 12.0 Å². The standard InChI is InChI=1S/C28H34F3N3O2S/c1-36-20-4-5-26-23(13-20)22(19(16-32)17-33-26)3-2-6-28(18-35)7-9-34(10-8-28)11-12-37-21-14-24(29)27(31)25(30)15-21/h4-5,13-15,17,35H,2-3,6-12,16,18,32H2,1H3. The van der Waals surface area contributed by atoms with Gasteiger partial charge < -0.3 is 20.5 Å². The molecule has 1 aromatic heterocycles. The number of nitrogens with zero attached hydrogens (tertiary/aromatic N) is 2. The SMILES string of the molecule is COc1ccc2ncc(CN)c(CCCC3(CO)CCN(CCSc4cc(F)c(F)c(F)c4)CC3)c2c1. The van der Waals surface area contributed by atoms with E-state index in [1.165, 1.54) is 17.3 Å². The minimum absolute atomic E-state index is 0.115. The zero-order chi connectivity index (χ0) is 26.4. The zero-order valence-electron chi connectivity index (χ0n) is 21.1. The monoisotopic (exact) mass is 533 g/mol. The van der Waals surface area contributed by atoms with E-state index in [4.69, 9.17) is 10.5 Å². The molecule has 0 unspecified atom stereocenters. The van der Waals surface area contributed by atoms with Gasteiger partial charge in [-0.2, -0.15) is 0 Å². The molecule has 0 bridgehead atoms. The summed E-state index contributed by atoms with van der Waals surface area (Å²) in [6.07, 6.45) is 6.34. The van der Waals surface area contributed by atoms with Crippen molar-refractivity contribution in [2.24, 2.45) is 11.1 Å². The molecule has 0 atom stereocenters. The lowest BCUT2D eigenvalue weighted by atomic mass is 9.75. The summed E-state index contributed by atoms with van der Waals surface area (Å²) in [5, 5.41) is 11.4. The van der Waals surface area contributed by atoms with Gasteiger partial charge in [0.15, 0.2) is 17.5 Å². The highest BCUT2D eigenvalue weighted by Gasteiger charge is 2.33. The van der Waals surface area contributed by atoms with E-state index in [1.54, 1.807) is 7.11 Å². The van der Waals surface area contributed by atoms with Crippen molar-refractivity contribution in [2.45, 2.75) is 43.5 Å². The number of hydrogen-bond donors (Lipinski definition) is 2. The highest BCUT2D eigenvalue weighted by molar-refractivity contribution is 7.99. The van der Waals surface area contributed by atoms with Crippen LogP contribution in [0.5, 0.6) is 5.75 Å². The Balaban J connectivity index is 1.31. The number of aliphatic hydroxyl groups excluding tert-OH is 1. The molecule has 37 heavy (non-hydrogen) atoms. The number of piperidine rings is 1. The second-order valence-corrected chi connectivity index (χ2v) is 10.9. The van der Waals surface area contributed by atoms with Gasteiger partial charge >= 0.3 is 0 Å². The number of rotatable bonds is 11. The fraction of sp³-hybridized carbons (Fsp3) is 0.464. The van der Waals surface area contributed by atoms with Crippen LogP contribution in [0.25, 0.3) is 10.9 Å². The number of aliphatic hydroxyl groups is 1. The van der Waals surface area contributed by atoms with E-state index < -0.39 is 17.5 Å². The fourth-order valence-corrected chi connectivity index (χ4v) is 6.11. The van der Waals surface area contributed by atoms with E-state index in [0.717, 1.165) is 86.1 Å². The number of aryl methyl sites for hydroxylation is 1. The van der Waals surface area contributed by atoms with E-state index >= 15 is 0 Å². The molecule has 1 aliphatic rings. The molecule has 0 radical (unpaired) electrons. The number of aromatic nitrogens is 1. The molecule has 1 aliphatic heterocycles. The Bertz CT molecular complexity index is 1190. The molecule has 200 valence electrons. The summed E-state index contributed by atoms with van der Waals surface area (Å²) in [5.41, 5.74) is 9.06. The quantitative estimate of drug-likeness (QED) is 0.257. The number of thioether (sulfide) groups is 1. The number of halogens is 3. The highest BCUT2D eigenvalue weighted by Crippen LogP contribution is 2.37. The summed E-state index contributed by atoms with van der Waals surface area (Å²) in [7, 11) is 1.65. The lowest BCUT2D eigenvalue weighted by Crippen LogP contribution is -2.42. The maximum absolute atomic E-state index is 13.4. The maximum Gasteiger partial charge on any atom is 0.194 e. The van der Waals surface area contributed by atoms with Crippen LogP contribution in [0.4, 0.5) is 13.2 Å². The predicted octanol–water partition coefficient (Wildman–Crippen LogP) is 5.31. The van der Waals surface area contributed by atoms with Crippen molar-refractivity contribution in [2.75, 3.05) is 39.1 Å². The number of nitrogens with two attached hydrogens (primary N) is 1. The van der Waals surface area contributed by atoms with Gasteiger partial charge in [-0.05, 0) is 92.1 Å². The van der Waals surface area contributed by atoms with Crippen LogP contribution >= 0.6 is 11.8 Å². The Morgan fingerprint density at radius 3 is 2.51 bits per heavy atom. The summed E-state index contributed by atoms with van der Waals surface area (Å²) in [5.74, 6) is -2.32. The number of hydrogen-bond acceptors (Lipinski definition) is 6. The largest absolute Gasteiger partial charge is 0.497 e. The van der Waals surface area contributed by atoms with Gasteiger partial charge in [-0.15, -0.1) is 11.8 Å². The highest BCUT2D eigenvalue weighted by atomic mass is 32.2. The zero-order valence-corrected chi connectivity index (χ0v) is 21.9. The molecule has 0 saturated carbocycles. The molecule has 0 spiro atoms. The van der Waals surface area contributed by atoms with Crippen LogP contribution < -0.4 is 10.5 Å².